The van der Waals surface area contributed by atoms with Gasteiger partial charge in [-0.1, -0.05) is 31.5 Å². The van der Waals surface area contributed by atoms with Gasteiger partial charge in [0.25, 0.3) is 0 Å². The molecule has 1 aromatic rings. The molecule has 9 heteroatoms. The van der Waals surface area contributed by atoms with E-state index in [0.29, 0.717) is 19.4 Å². The van der Waals surface area contributed by atoms with Gasteiger partial charge in [-0.15, -0.1) is 0 Å². The number of hydrogen-bond acceptors (Lipinski definition) is 5. The molecule has 0 heterocycles. The molecule has 30 heavy (non-hydrogen) atoms. The summed E-state index contributed by atoms with van der Waals surface area (Å²) in [5.41, 5.74) is 9.29. The molecule has 0 bridgehead atoms. The lowest BCUT2D eigenvalue weighted by molar-refractivity contribution is 0.0895. The Morgan fingerprint density at radius 2 is 2.13 bits per heavy atom. The van der Waals surface area contributed by atoms with Gasteiger partial charge in [0, 0.05) is 18.5 Å². The average Bonchev–Trinajstić information content (AvgIpc) is 3.08. The van der Waals surface area contributed by atoms with Crippen molar-refractivity contribution in [2.75, 3.05) is 13.2 Å². The minimum absolute atomic E-state index is 0.0991. The number of carbonyl (C=O) groups excluding carboxylic acids is 1. The highest BCUT2D eigenvalue weighted by Crippen LogP contribution is 2.44. The highest BCUT2D eigenvalue weighted by Gasteiger charge is 2.38. The number of carbonyl (C=O) groups is 1. The first-order valence-corrected chi connectivity index (χ1v) is 12.3. The molecule has 1 amide bonds. The van der Waals surface area contributed by atoms with Crippen molar-refractivity contribution < 1.29 is 28.4 Å². The first kappa shape index (κ1) is 23.2. The van der Waals surface area contributed by atoms with Gasteiger partial charge < -0.3 is 25.6 Å². The number of amides is 1. The van der Waals surface area contributed by atoms with E-state index in [4.69, 9.17) is 20.3 Å². The molecule has 168 valence electrons. The second kappa shape index (κ2) is 9.79. The van der Waals surface area contributed by atoms with Crippen LogP contribution in [-0.4, -0.2) is 40.7 Å². The summed E-state index contributed by atoms with van der Waals surface area (Å²) in [5.74, 6) is 0.249. The number of unbranched alkanes of at least 4 members (excludes halogenated alkanes) is 1. The molecule has 5 N–H and O–H groups in total. The molecule has 2 aliphatic carbocycles. The number of nitrogens with two attached hydrogens (primary N) is 1. The summed E-state index contributed by atoms with van der Waals surface area (Å²) >= 11 is 0. The topological polar surface area (TPSA) is 131 Å². The van der Waals surface area contributed by atoms with Crippen LogP contribution in [0.3, 0.4) is 0 Å². The van der Waals surface area contributed by atoms with Gasteiger partial charge in [0.2, 0.25) is 0 Å². The molecule has 3 atom stereocenters. The van der Waals surface area contributed by atoms with E-state index >= 15 is 0 Å². The standard InChI is InChI=1S/C21H33N2O6P/c1-2-3-10-23-20(24)29-19-7-6-15-11-16(4-5-17(15)12-19)18-8-9-21(22,13-18)14-28-30(25,26)27/h4-5,11,18-19H,2-3,6-10,12-14,22H2,1H3,(H,23,24)(H2,25,26,27)/t18-,19?,21-/m0/s1. The van der Waals surface area contributed by atoms with Crippen molar-refractivity contribution >= 4 is 13.9 Å². The van der Waals surface area contributed by atoms with Gasteiger partial charge in [-0.05, 0) is 61.1 Å². The lowest BCUT2D eigenvalue weighted by Gasteiger charge is -2.26. The second-order valence-corrected chi connectivity index (χ2v) is 9.88. The van der Waals surface area contributed by atoms with Gasteiger partial charge in [-0.3, -0.25) is 4.52 Å². The first-order valence-electron chi connectivity index (χ1n) is 10.7. The van der Waals surface area contributed by atoms with Crippen LogP contribution in [0.25, 0.3) is 0 Å². The number of phosphoric ester groups is 1. The van der Waals surface area contributed by atoms with E-state index in [1.54, 1.807) is 0 Å². The highest BCUT2D eigenvalue weighted by molar-refractivity contribution is 7.46. The van der Waals surface area contributed by atoms with Gasteiger partial charge in [-0.25, -0.2) is 9.36 Å². The van der Waals surface area contributed by atoms with Crippen LogP contribution in [0, 0.1) is 0 Å². The largest absolute Gasteiger partial charge is 0.469 e. The van der Waals surface area contributed by atoms with E-state index in [1.807, 2.05) is 0 Å². The number of ether oxygens (including phenoxy) is 1. The average molecular weight is 440 g/mol. The predicted octanol–water partition coefficient (Wildman–Crippen LogP) is 3.14. The van der Waals surface area contributed by atoms with E-state index in [1.165, 1.54) is 16.7 Å². The van der Waals surface area contributed by atoms with Gasteiger partial charge >= 0.3 is 13.9 Å². The fraction of sp³-hybridized carbons (Fsp3) is 0.667. The summed E-state index contributed by atoms with van der Waals surface area (Å²) in [6, 6.07) is 6.42. The van der Waals surface area contributed by atoms with E-state index in [9.17, 15) is 9.36 Å². The molecule has 1 saturated carbocycles. The Kier molecular flexibility index (Phi) is 7.58. The molecule has 0 saturated heterocycles. The summed E-state index contributed by atoms with van der Waals surface area (Å²) in [6.07, 6.45) is 6.09. The third-order valence-corrected chi connectivity index (χ3v) is 6.59. The number of aryl methyl sites for hydroxylation is 1. The Morgan fingerprint density at radius 3 is 2.87 bits per heavy atom. The SMILES string of the molecule is CCCCNC(=O)OC1CCc2cc([C@H]3CC[C@@](N)(COP(=O)(O)O)C3)ccc2C1. The van der Waals surface area contributed by atoms with Crippen molar-refractivity contribution in [3.8, 4) is 0 Å². The zero-order chi connectivity index (χ0) is 21.8. The van der Waals surface area contributed by atoms with Crippen molar-refractivity contribution in [1.29, 1.82) is 0 Å². The first-order chi connectivity index (χ1) is 14.2. The van der Waals surface area contributed by atoms with Crippen LogP contribution in [0.2, 0.25) is 0 Å². The lowest BCUT2D eigenvalue weighted by Crippen LogP contribution is -2.41. The Bertz CT molecular complexity index is 798. The molecule has 0 aromatic heterocycles. The van der Waals surface area contributed by atoms with Crippen LogP contribution in [0.1, 0.15) is 68.1 Å². The summed E-state index contributed by atoms with van der Waals surface area (Å²) in [6.45, 7) is 2.58. The van der Waals surface area contributed by atoms with Crippen molar-refractivity contribution in [1.82, 2.24) is 5.32 Å². The fourth-order valence-corrected chi connectivity index (χ4v) is 4.87. The zero-order valence-electron chi connectivity index (χ0n) is 17.5. The number of hydrogen-bond donors (Lipinski definition) is 4. The summed E-state index contributed by atoms with van der Waals surface area (Å²) in [5, 5.41) is 2.80. The third-order valence-electron chi connectivity index (χ3n) is 6.12. The maximum atomic E-state index is 11.9. The van der Waals surface area contributed by atoms with Gasteiger partial charge in [-0.2, -0.15) is 0 Å². The normalized spacial score (nSPS) is 26.3. The summed E-state index contributed by atoms with van der Waals surface area (Å²) in [4.78, 5) is 29.8. The van der Waals surface area contributed by atoms with Crippen LogP contribution < -0.4 is 11.1 Å². The Labute approximate surface area is 177 Å². The highest BCUT2D eigenvalue weighted by atomic mass is 31.2. The molecule has 0 aliphatic heterocycles. The van der Waals surface area contributed by atoms with Gasteiger partial charge in [0.1, 0.15) is 6.10 Å². The number of benzene rings is 1. The third kappa shape index (κ3) is 6.53. The molecule has 1 unspecified atom stereocenters. The number of fused-ring (bicyclic) bond motifs is 1. The van der Waals surface area contributed by atoms with Crippen LogP contribution >= 0.6 is 7.82 Å². The number of nitrogens with one attached hydrogen (secondary N) is 1. The second-order valence-electron chi connectivity index (χ2n) is 8.64. The molecule has 0 spiro atoms. The van der Waals surface area contributed by atoms with Crippen LogP contribution in [0.15, 0.2) is 18.2 Å². The van der Waals surface area contributed by atoms with Crippen molar-refractivity contribution in [2.45, 2.75) is 75.9 Å². The molecule has 8 nitrogen and oxygen atoms in total. The Balaban J connectivity index is 1.55. The van der Waals surface area contributed by atoms with E-state index in [-0.39, 0.29) is 24.7 Å². The smallest absolute Gasteiger partial charge is 0.446 e. The van der Waals surface area contributed by atoms with Crippen molar-refractivity contribution in [2.24, 2.45) is 5.73 Å². The number of rotatable bonds is 8. The maximum absolute atomic E-state index is 11.9. The van der Waals surface area contributed by atoms with Crippen LogP contribution in [0.4, 0.5) is 4.79 Å². The predicted molar refractivity (Wildman–Crippen MR) is 113 cm³/mol. The lowest BCUT2D eigenvalue weighted by atomic mass is 9.85. The fourth-order valence-electron chi connectivity index (χ4n) is 4.44. The zero-order valence-corrected chi connectivity index (χ0v) is 18.4. The van der Waals surface area contributed by atoms with Crippen molar-refractivity contribution in [3.63, 3.8) is 0 Å². The van der Waals surface area contributed by atoms with Crippen molar-refractivity contribution in [3.05, 3.63) is 34.9 Å². The van der Waals surface area contributed by atoms with Crippen LogP contribution in [-0.2, 0) is 26.7 Å². The van der Waals surface area contributed by atoms with Crippen LogP contribution in [0.5, 0.6) is 0 Å². The van der Waals surface area contributed by atoms with E-state index in [2.05, 4.69) is 35.0 Å². The molecular weight excluding hydrogens is 407 g/mol. The monoisotopic (exact) mass is 440 g/mol. The molecular formula is C21H33N2O6P. The summed E-state index contributed by atoms with van der Waals surface area (Å²) in [7, 11) is -4.51. The van der Waals surface area contributed by atoms with Gasteiger partial charge in [0.05, 0.1) is 6.61 Å². The quantitative estimate of drug-likeness (QED) is 0.361. The van der Waals surface area contributed by atoms with Gasteiger partial charge in [0.15, 0.2) is 0 Å². The summed E-state index contributed by atoms with van der Waals surface area (Å²) < 4.78 is 21.2. The number of phosphoric acid groups is 1. The Hall–Kier alpha value is -1.44. The molecule has 3 rings (SSSR count). The minimum atomic E-state index is -4.51. The maximum Gasteiger partial charge on any atom is 0.469 e. The number of alkyl carbamates (subject to hydrolysis) is 1. The molecule has 1 aromatic carbocycles. The van der Waals surface area contributed by atoms with E-state index in [0.717, 1.165) is 38.5 Å². The minimum Gasteiger partial charge on any atom is -0.446 e. The Morgan fingerprint density at radius 1 is 1.33 bits per heavy atom. The molecule has 0 radical (unpaired) electrons. The molecule has 1 fully saturated rings. The van der Waals surface area contributed by atoms with E-state index < -0.39 is 13.4 Å². The molecule has 2 aliphatic rings.